The molecule has 2 heterocycles. The minimum Gasteiger partial charge on any atom is -0.457 e. The first-order chi connectivity index (χ1) is 10.7. The molecule has 0 fully saturated rings. The van der Waals surface area contributed by atoms with Crippen LogP contribution >= 0.6 is 23.1 Å². The molecular weight excluding hydrogens is 314 g/mol. The number of rotatable bonds is 5. The molecule has 0 aliphatic rings. The van der Waals surface area contributed by atoms with Gasteiger partial charge in [-0.05, 0) is 24.5 Å². The Balaban J connectivity index is 1.87. The lowest BCUT2D eigenvalue weighted by atomic mass is 10.3. The normalized spacial score (nSPS) is 10.6. The Kier molecular flexibility index (Phi) is 4.31. The van der Waals surface area contributed by atoms with E-state index in [0.29, 0.717) is 0 Å². The van der Waals surface area contributed by atoms with Crippen LogP contribution in [0.3, 0.4) is 0 Å². The second-order valence-corrected chi connectivity index (χ2v) is 6.60. The number of ether oxygens (including phenoxy) is 1. The Hall–Kier alpha value is -2.05. The van der Waals surface area contributed by atoms with Crippen molar-refractivity contribution >= 4 is 39.0 Å². The van der Waals surface area contributed by atoms with E-state index in [9.17, 15) is 0 Å². The predicted molar refractivity (Wildman–Crippen MR) is 93.8 cm³/mol. The summed E-state index contributed by atoms with van der Waals surface area (Å²) in [6.07, 6.45) is 3.74. The molecule has 0 unspecified atom stereocenters. The Bertz CT molecular complexity index is 829. The van der Waals surface area contributed by atoms with E-state index >= 15 is 0 Å². The molecule has 1 N–H and O–H groups in total. The van der Waals surface area contributed by atoms with E-state index in [-0.39, 0.29) is 0 Å². The summed E-state index contributed by atoms with van der Waals surface area (Å²) in [5.74, 6) is 1.52. The molecule has 6 heteroatoms. The molecular formula is C16H15N3OS2. The lowest BCUT2D eigenvalue weighted by Gasteiger charge is -2.08. The van der Waals surface area contributed by atoms with Gasteiger partial charge in [0.25, 0.3) is 0 Å². The summed E-state index contributed by atoms with van der Waals surface area (Å²) in [7, 11) is 1.82. The van der Waals surface area contributed by atoms with Gasteiger partial charge in [0.1, 0.15) is 11.5 Å². The van der Waals surface area contributed by atoms with Crippen LogP contribution in [0.4, 0.5) is 0 Å². The molecule has 0 radical (unpaired) electrons. The summed E-state index contributed by atoms with van der Waals surface area (Å²) in [6.45, 7) is 3.91. The number of thiazole rings is 1. The van der Waals surface area contributed by atoms with Crippen molar-refractivity contribution in [3.63, 3.8) is 0 Å². The molecule has 0 bridgehead atoms. The maximum absolute atomic E-state index is 5.93. The predicted octanol–water partition coefficient (Wildman–Crippen LogP) is 4.40. The van der Waals surface area contributed by atoms with E-state index < -0.39 is 0 Å². The topological polar surface area (TPSA) is 47.0 Å². The number of fused-ring (bicyclic) bond motifs is 1. The van der Waals surface area contributed by atoms with Gasteiger partial charge in [-0.2, -0.15) is 0 Å². The Morgan fingerprint density at radius 3 is 2.86 bits per heavy atom. The maximum atomic E-state index is 5.93. The van der Waals surface area contributed by atoms with Gasteiger partial charge in [0.05, 0.1) is 21.6 Å². The Morgan fingerprint density at radius 2 is 2.09 bits per heavy atom. The van der Waals surface area contributed by atoms with Crippen molar-refractivity contribution in [3.8, 4) is 11.5 Å². The van der Waals surface area contributed by atoms with E-state index in [1.54, 1.807) is 29.3 Å². The van der Waals surface area contributed by atoms with Crippen molar-refractivity contribution in [2.45, 2.75) is 4.34 Å². The molecule has 0 spiro atoms. The summed E-state index contributed by atoms with van der Waals surface area (Å²) >= 11 is 3.32. The minimum atomic E-state index is 0.732. The lowest BCUT2D eigenvalue weighted by Crippen LogP contribution is -2.04. The van der Waals surface area contributed by atoms with Gasteiger partial charge >= 0.3 is 0 Å². The maximum Gasteiger partial charge on any atom is 0.150 e. The van der Waals surface area contributed by atoms with Crippen molar-refractivity contribution in [2.24, 2.45) is 0 Å². The van der Waals surface area contributed by atoms with Crippen LogP contribution in [0.2, 0.25) is 0 Å². The van der Waals surface area contributed by atoms with Crippen LogP contribution in [0, 0.1) is 0 Å². The molecule has 1 aromatic carbocycles. The minimum absolute atomic E-state index is 0.732. The van der Waals surface area contributed by atoms with E-state index in [4.69, 9.17) is 4.74 Å². The first kappa shape index (κ1) is 14.9. The van der Waals surface area contributed by atoms with Gasteiger partial charge in [-0.25, -0.2) is 4.98 Å². The zero-order chi connectivity index (χ0) is 15.5. The molecule has 0 amide bonds. The monoisotopic (exact) mass is 329 g/mol. The van der Waals surface area contributed by atoms with Crippen LogP contribution in [-0.4, -0.2) is 23.3 Å². The fourth-order valence-corrected chi connectivity index (χ4v) is 3.46. The van der Waals surface area contributed by atoms with Crippen molar-refractivity contribution < 1.29 is 4.74 Å². The molecule has 0 aliphatic heterocycles. The fourth-order valence-electron chi connectivity index (χ4n) is 1.94. The lowest BCUT2D eigenvalue weighted by molar-refractivity contribution is 0.482. The van der Waals surface area contributed by atoms with E-state index in [1.807, 2.05) is 43.6 Å². The molecule has 3 rings (SSSR count). The van der Waals surface area contributed by atoms with Gasteiger partial charge in [-0.15, -0.1) is 11.3 Å². The average Bonchev–Trinajstić information content (AvgIpc) is 2.96. The second kappa shape index (κ2) is 6.37. The van der Waals surface area contributed by atoms with Gasteiger partial charge in [-0.1, -0.05) is 18.3 Å². The SMILES string of the molecule is C=C(NC)c1cc(Oc2ccc3nc(SC)sc3c2)ccn1. The number of thioether (sulfide) groups is 1. The summed E-state index contributed by atoms with van der Waals surface area (Å²) in [6, 6.07) is 9.62. The average molecular weight is 329 g/mol. The van der Waals surface area contributed by atoms with E-state index in [1.165, 1.54) is 0 Å². The zero-order valence-electron chi connectivity index (χ0n) is 12.3. The van der Waals surface area contributed by atoms with Crippen molar-refractivity contribution in [2.75, 3.05) is 13.3 Å². The summed E-state index contributed by atoms with van der Waals surface area (Å²) in [4.78, 5) is 8.79. The quantitative estimate of drug-likeness (QED) is 0.703. The largest absolute Gasteiger partial charge is 0.457 e. The zero-order valence-corrected chi connectivity index (χ0v) is 13.9. The van der Waals surface area contributed by atoms with Gasteiger partial charge < -0.3 is 10.1 Å². The highest BCUT2D eigenvalue weighted by Crippen LogP contribution is 2.32. The summed E-state index contributed by atoms with van der Waals surface area (Å²) < 4.78 is 8.11. The highest BCUT2D eigenvalue weighted by molar-refractivity contribution is 8.00. The molecule has 4 nitrogen and oxygen atoms in total. The number of nitrogens with one attached hydrogen (secondary N) is 1. The summed E-state index contributed by atoms with van der Waals surface area (Å²) in [5.41, 5.74) is 2.53. The standard InChI is InChI=1S/C16H15N3OS2/c1-10(17-2)14-8-12(6-7-18-14)20-11-4-5-13-15(9-11)22-16(19-13)21-3/h4-9,17H,1H2,2-3H3. The van der Waals surface area contributed by atoms with E-state index in [2.05, 4.69) is 21.9 Å². The molecule has 0 atom stereocenters. The van der Waals surface area contributed by atoms with Crippen LogP contribution in [0.15, 0.2) is 47.4 Å². The van der Waals surface area contributed by atoms with Crippen LogP contribution in [0.25, 0.3) is 15.9 Å². The fraction of sp³-hybridized carbons (Fsp3) is 0.125. The first-order valence-corrected chi connectivity index (χ1v) is 8.69. The van der Waals surface area contributed by atoms with Gasteiger partial charge in [0, 0.05) is 25.4 Å². The highest BCUT2D eigenvalue weighted by Gasteiger charge is 2.06. The smallest absolute Gasteiger partial charge is 0.150 e. The molecule has 0 saturated heterocycles. The van der Waals surface area contributed by atoms with Crippen LogP contribution in [0.5, 0.6) is 11.5 Å². The van der Waals surface area contributed by atoms with Crippen LogP contribution in [-0.2, 0) is 0 Å². The van der Waals surface area contributed by atoms with E-state index in [0.717, 1.165) is 37.4 Å². The van der Waals surface area contributed by atoms with Gasteiger partial charge in [0.2, 0.25) is 0 Å². The second-order valence-electron chi connectivity index (χ2n) is 4.52. The van der Waals surface area contributed by atoms with Crippen molar-refractivity contribution in [3.05, 3.63) is 48.8 Å². The van der Waals surface area contributed by atoms with Crippen molar-refractivity contribution in [1.82, 2.24) is 15.3 Å². The third kappa shape index (κ3) is 3.08. The Labute approximate surface area is 137 Å². The third-order valence-electron chi connectivity index (χ3n) is 3.09. The number of aromatic nitrogens is 2. The van der Waals surface area contributed by atoms with Gasteiger partial charge in [0.15, 0.2) is 4.34 Å². The number of pyridine rings is 1. The van der Waals surface area contributed by atoms with Gasteiger partial charge in [-0.3, -0.25) is 4.98 Å². The number of nitrogens with zero attached hydrogens (tertiary/aromatic N) is 2. The van der Waals surface area contributed by atoms with Crippen LogP contribution < -0.4 is 10.1 Å². The van der Waals surface area contributed by atoms with Crippen molar-refractivity contribution in [1.29, 1.82) is 0 Å². The molecule has 0 saturated carbocycles. The first-order valence-electron chi connectivity index (χ1n) is 6.65. The highest BCUT2D eigenvalue weighted by atomic mass is 32.2. The molecule has 2 aromatic heterocycles. The Morgan fingerprint density at radius 1 is 1.27 bits per heavy atom. The molecule has 3 aromatic rings. The third-order valence-corrected chi connectivity index (χ3v) is 5.10. The number of benzene rings is 1. The molecule has 0 aliphatic carbocycles. The molecule has 22 heavy (non-hydrogen) atoms. The number of hydrogen-bond donors (Lipinski definition) is 1. The molecule has 112 valence electrons. The van der Waals surface area contributed by atoms with Crippen LogP contribution in [0.1, 0.15) is 5.69 Å². The summed E-state index contributed by atoms with van der Waals surface area (Å²) in [5, 5.41) is 2.98. The number of hydrogen-bond acceptors (Lipinski definition) is 6.